The van der Waals surface area contributed by atoms with Crippen LogP contribution >= 0.6 is 28.3 Å². The zero-order valence-electron chi connectivity index (χ0n) is 12.7. The number of carbonyl (C=O) groups is 3. The topological polar surface area (TPSA) is 98.7 Å². The highest BCUT2D eigenvalue weighted by molar-refractivity contribution is 9.10. The quantitative estimate of drug-likeness (QED) is 0.632. The van der Waals surface area contributed by atoms with Crippen LogP contribution in [0, 0.1) is 0 Å². The van der Waals surface area contributed by atoms with Gasteiger partial charge in [-0.3, -0.25) is 19.3 Å². The van der Waals surface area contributed by atoms with Crippen LogP contribution in [0.3, 0.4) is 0 Å². The number of benzene rings is 1. The van der Waals surface area contributed by atoms with E-state index >= 15 is 0 Å². The molecule has 1 aromatic carbocycles. The second-order valence-electron chi connectivity index (χ2n) is 4.73. The van der Waals surface area contributed by atoms with Crippen LogP contribution in [0.1, 0.15) is 6.92 Å². The standard InChI is InChI=1S/C14H18BrN3O4.ClH/c1-9(14(21)22)18(2)8-13(20)16-7-12(19)17-11-6-4-3-5-10(11)15;/h3-6,9H,7-8H2,1-2H3,(H,16,20)(H,17,19)(H,21,22);1H. The van der Waals surface area contributed by atoms with E-state index in [0.29, 0.717) is 5.69 Å². The second kappa shape index (κ2) is 10.2. The summed E-state index contributed by atoms with van der Waals surface area (Å²) in [7, 11) is 1.53. The normalized spacial score (nSPS) is 11.3. The highest BCUT2D eigenvalue weighted by Crippen LogP contribution is 2.20. The highest BCUT2D eigenvalue weighted by Gasteiger charge is 2.19. The average molecular weight is 409 g/mol. The Morgan fingerprint density at radius 1 is 1.26 bits per heavy atom. The van der Waals surface area contributed by atoms with Gasteiger partial charge in [-0.2, -0.15) is 0 Å². The van der Waals surface area contributed by atoms with Crippen LogP contribution in [0.15, 0.2) is 28.7 Å². The fraction of sp³-hybridized carbons (Fsp3) is 0.357. The molecule has 23 heavy (non-hydrogen) atoms. The molecule has 1 atom stereocenters. The molecule has 0 aliphatic rings. The highest BCUT2D eigenvalue weighted by atomic mass is 79.9. The zero-order valence-corrected chi connectivity index (χ0v) is 15.1. The number of carboxylic acid groups (broad SMARTS) is 1. The zero-order chi connectivity index (χ0) is 16.7. The molecule has 1 rings (SSSR count). The Labute approximate surface area is 149 Å². The number of hydrogen-bond acceptors (Lipinski definition) is 4. The van der Waals surface area contributed by atoms with Gasteiger partial charge in [0.25, 0.3) is 0 Å². The molecule has 0 bridgehead atoms. The minimum atomic E-state index is -1.01. The maximum atomic E-state index is 11.7. The first kappa shape index (κ1) is 21.4. The molecule has 0 fully saturated rings. The van der Waals surface area contributed by atoms with Gasteiger partial charge in [0.15, 0.2) is 0 Å². The largest absolute Gasteiger partial charge is 0.480 e. The van der Waals surface area contributed by atoms with Crippen LogP contribution in [0.4, 0.5) is 5.69 Å². The molecule has 0 saturated carbocycles. The summed E-state index contributed by atoms with van der Waals surface area (Å²) >= 11 is 3.30. The minimum Gasteiger partial charge on any atom is -0.480 e. The number of para-hydroxylation sites is 1. The van der Waals surface area contributed by atoms with E-state index in [-0.39, 0.29) is 31.4 Å². The Morgan fingerprint density at radius 2 is 1.87 bits per heavy atom. The maximum Gasteiger partial charge on any atom is 0.320 e. The summed E-state index contributed by atoms with van der Waals surface area (Å²) in [6.07, 6.45) is 0. The molecular formula is C14H19BrClN3O4. The van der Waals surface area contributed by atoms with E-state index < -0.39 is 17.9 Å². The Morgan fingerprint density at radius 3 is 2.43 bits per heavy atom. The molecule has 0 aliphatic carbocycles. The SMILES string of the molecule is CC(C(=O)O)N(C)CC(=O)NCC(=O)Nc1ccccc1Br.Cl. The molecule has 0 radical (unpaired) electrons. The Balaban J connectivity index is 0.00000484. The maximum absolute atomic E-state index is 11.7. The Hall–Kier alpha value is -1.64. The smallest absolute Gasteiger partial charge is 0.320 e. The molecule has 0 aromatic heterocycles. The number of halogens is 2. The van der Waals surface area contributed by atoms with E-state index in [1.165, 1.54) is 18.9 Å². The monoisotopic (exact) mass is 407 g/mol. The van der Waals surface area contributed by atoms with E-state index in [1.807, 2.05) is 6.07 Å². The van der Waals surface area contributed by atoms with Gasteiger partial charge in [-0.05, 0) is 42.0 Å². The number of amides is 2. The van der Waals surface area contributed by atoms with Crippen molar-refractivity contribution >= 4 is 51.8 Å². The van der Waals surface area contributed by atoms with Gasteiger partial charge < -0.3 is 15.7 Å². The number of rotatable bonds is 7. The number of nitrogens with one attached hydrogen (secondary N) is 2. The van der Waals surface area contributed by atoms with Crippen LogP contribution in [0.5, 0.6) is 0 Å². The third-order valence-electron chi connectivity index (χ3n) is 3.01. The van der Waals surface area contributed by atoms with Gasteiger partial charge in [-0.1, -0.05) is 12.1 Å². The first-order valence-electron chi connectivity index (χ1n) is 6.55. The number of likely N-dealkylation sites (N-methyl/N-ethyl adjacent to an activating group) is 1. The lowest BCUT2D eigenvalue weighted by Gasteiger charge is -2.20. The fourth-order valence-corrected chi connectivity index (χ4v) is 1.93. The molecule has 0 heterocycles. The molecule has 7 nitrogen and oxygen atoms in total. The number of carbonyl (C=O) groups excluding carboxylic acids is 2. The minimum absolute atomic E-state index is 0. The molecule has 1 aromatic rings. The predicted molar refractivity (Wildman–Crippen MR) is 92.8 cm³/mol. The van der Waals surface area contributed by atoms with Gasteiger partial charge in [0, 0.05) is 4.47 Å². The number of aliphatic carboxylic acids is 1. The number of carboxylic acids is 1. The van der Waals surface area contributed by atoms with Crippen LogP contribution < -0.4 is 10.6 Å². The first-order valence-corrected chi connectivity index (χ1v) is 7.34. The van der Waals surface area contributed by atoms with Crippen molar-refractivity contribution in [2.24, 2.45) is 0 Å². The van der Waals surface area contributed by atoms with Crippen LogP contribution in [-0.4, -0.2) is 54.0 Å². The number of nitrogens with zero attached hydrogens (tertiary/aromatic N) is 1. The van der Waals surface area contributed by atoms with Crippen molar-refractivity contribution in [1.29, 1.82) is 0 Å². The van der Waals surface area contributed by atoms with Gasteiger partial charge in [0.2, 0.25) is 11.8 Å². The summed E-state index contributed by atoms with van der Waals surface area (Å²) in [4.78, 5) is 35.6. The summed E-state index contributed by atoms with van der Waals surface area (Å²) < 4.78 is 0.740. The first-order chi connectivity index (χ1) is 10.3. The number of anilines is 1. The summed E-state index contributed by atoms with van der Waals surface area (Å²) in [6.45, 7) is 1.19. The predicted octanol–water partition coefficient (Wildman–Crippen LogP) is 1.33. The summed E-state index contributed by atoms with van der Waals surface area (Å²) in [5, 5.41) is 13.9. The molecule has 1 unspecified atom stereocenters. The van der Waals surface area contributed by atoms with Crippen molar-refractivity contribution in [3.8, 4) is 0 Å². The fourth-order valence-electron chi connectivity index (χ4n) is 1.54. The lowest BCUT2D eigenvalue weighted by Crippen LogP contribution is -2.44. The van der Waals surface area contributed by atoms with Crippen molar-refractivity contribution in [3.63, 3.8) is 0 Å². The average Bonchev–Trinajstić information content (AvgIpc) is 2.46. The molecule has 9 heteroatoms. The molecule has 128 valence electrons. The van der Waals surface area contributed by atoms with Gasteiger partial charge in [0.1, 0.15) is 6.04 Å². The van der Waals surface area contributed by atoms with Crippen molar-refractivity contribution in [2.75, 3.05) is 25.5 Å². The Bertz CT molecular complexity index is 571. The summed E-state index contributed by atoms with van der Waals surface area (Å²) in [5.41, 5.74) is 0.610. The van der Waals surface area contributed by atoms with E-state index in [0.717, 1.165) is 4.47 Å². The van der Waals surface area contributed by atoms with Crippen molar-refractivity contribution in [3.05, 3.63) is 28.7 Å². The van der Waals surface area contributed by atoms with Crippen molar-refractivity contribution < 1.29 is 19.5 Å². The van der Waals surface area contributed by atoms with Crippen LogP contribution in [0.25, 0.3) is 0 Å². The van der Waals surface area contributed by atoms with Gasteiger partial charge >= 0.3 is 5.97 Å². The lowest BCUT2D eigenvalue weighted by molar-refractivity contribution is -0.142. The van der Waals surface area contributed by atoms with E-state index in [1.54, 1.807) is 18.2 Å². The van der Waals surface area contributed by atoms with Gasteiger partial charge in [0.05, 0.1) is 18.8 Å². The summed E-state index contributed by atoms with van der Waals surface area (Å²) in [5.74, 6) is -1.80. The summed E-state index contributed by atoms with van der Waals surface area (Å²) in [6, 6.07) is 6.34. The van der Waals surface area contributed by atoms with Gasteiger partial charge in [-0.15, -0.1) is 12.4 Å². The molecule has 0 saturated heterocycles. The van der Waals surface area contributed by atoms with Crippen LogP contribution in [-0.2, 0) is 14.4 Å². The Kier molecular flexibility index (Phi) is 9.47. The van der Waals surface area contributed by atoms with E-state index in [9.17, 15) is 14.4 Å². The van der Waals surface area contributed by atoms with Crippen molar-refractivity contribution in [2.45, 2.75) is 13.0 Å². The third-order valence-corrected chi connectivity index (χ3v) is 3.70. The van der Waals surface area contributed by atoms with E-state index in [2.05, 4.69) is 26.6 Å². The number of hydrogen-bond donors (Lipinski definition) is 3. The molecule has 0 aliphatic heterocycles. The third kappa shape index (κ3) is 7.45. The van der Waals surface area contributed by atoms with Crippen LogP contribution in [0.2, 0.25) is 0 Å². The lowest BCUT2D eigenvalue weighted by atomic mass is 10.3. The van der Waals surface area contributed by atoms with Crippen molar-refractivity contribution in [1.82, 2.24) is 10.2 Å². The van der Waals surface area contributed by atoms with E-state index in [4.69, 9.17) is 5.11 Å². The second-order valence-corrected chi connectivity index (χ2v) is 5.59. The molecule has 0 spiro atoms. The molecule has 2 amide bonds. The van der Waals surface area contributed by atoms with Gasteiger partial charge in [-0.25, -0.2) is 0 Å². The molecular weight excluding hydrogens is 390 g/mol. The molecule has 3 N–H and O–H groups in total.